The van der Waals surface area contributed by atoms with Crippen LogP contribution >= 0.6 is 11.6 Å². The van der Waals surface area contributed by atoms with Gasteiger partial charge in [-0.05, 0) is 17.7 Å². The van der Waals surface area contributed by atoms with Crippen LogP contribution < -0.4 is 10.6 Å². The standard InChI is InChI=1S/C12H15ClN2O/c1-9(13)7-14-8-11-3-5-12(6-4-11)15-10(2)16/h3-6,14H,1,7-8H2,2H3,(H,15,16). The van der Waals surface area contributed by atoms with Gasteiger partial charge in [-0.2, -0.15) is 0 Å². The van der Waals surface area contributed by atoms with Crippen molar-refractivity contribution in [2.24, 2.45) is 0 Å². The molecule has 0 bridgehead atoms. The summed E-state index contributed by atoms with van der Waals surface area (Å²) in [5, 5.41) is 6.45. The molecule has 0 atom stereocenters. The molecule has 2 N–H and O–H groups in total. The molecule has 0 radical (unpaired) electrons. The Bertz CT molecular complexity index is 373. The maximum atomic E-state index is 10.8. The highest BCUT2D eigenvalue weighted by Crippen LogP contribution is 2.09. The molecule has 1 amide bonds. The third kappa shape index (κ3) is 4.96. The predicted octanol–water partition coefficient (Wildman–Crippen LogP) is 2.49. The Kier molecular flexibility index (Phi) is 5.02. The second-order valence-corrected chi connectivity index (χ2v) is 4.03. The van der Waals surface area contributed by atoms with E-state index in [1.54, 1.807) is 0 Å². The van der Waals surface area contributed by atoms with Crippen LogP contribution in [0.4, 0.5) is 5.69 Å². The van der Waals surface area contributed by atoms with Crippen molar-refractivity contribution in [3.63, 3.8) is 0 Å². The quantitative estimate of drug-likeness (QED) is 0.828. The first-order valence-electron chi connectivity index (χ1n) is 4.98. The van der Waals surface area contributed by atoms with E-state index < -0.39 is 0 Å². The van der Waals surface area contributed by atoms with Crippen molar-refractivity contribution in [1.29, 1.82) is 0 Å². The molecule has 0 fully saturated rings. The molecule has 0 aliphatic heterocycles. The molecule has 86 valence electrons. The molecule has 16 heavy (non-hydrogen) atoms. The molecule has 4 heteroatoms. The third-order valence-electron chi connectivity index (χ3n) is 1.92. The summed E-state index contributed by atoms with van der Waals surface area (Å²) in [6.45, 7) is 6.40. The van der Waals surface area contributed by atoms with Crippen LogP contribution in [-0.2, 0) is 11.3 Å². The number of hydrogen-bond donors (Lipinski definition) is 2. The van der Waals surface area contributed by atoms with Crippen LogP contribution in [0.1, 0.15) is 12.5 Å². The van der Waals surface area contributed by atoms with Crippen molar-refractivity contribution in [2.45, 2.75) is 13.5 Å². The van der Waals surface area contributed by atoms with E-state index >= 15 is 0 Å². The van der Waals surface area contributed by atoms with Gasteiger partial charge in [-0.25, -0.2) is 0 Å². The summed E-state index contributed by atoms with van der Waals surface area (Å²) >= 11 is 5.62. The Hall–Kier alpha value is -1.32. The van der Waals surface area contributed by atoms with Crippen LogP contribution in [0, 0.1) is 0 Å². The van der Waals surface area contributed by atoms with Crippen molar-refractivity contribution in [3.8, 4) is 0 Å². The fourth-order valence-electron chi connectivity index (χ4n) is 1.25. The third-order valence-corrected chi connectivity index (χ3v) is 2.05. The lowest BCUT2D eigenvalue weighted by molar-refractivity contribution is -0.114. The molecule has 1 aromatic rings. The first kappa shape index (κ1) is 12.7. The van der Waals surface area contributed by atoms with Crippen molar-refractivity contribution >= 4 is 23.2 Å². The van der Waals surface area contributed by atoms with E-state index in [0.29, 0.717) is 11.6 Å². The number of rotatable bonds is 5. The van der Waals surface area contributed by atoms with Gasteiger partial charge in [0.15, 0.2) is 0 Å². The fourth-order valence-corrected chi connectivity index (χ4v) is 1.35. The van der Waals surface area contributed by atoms with Crippen LogP contribution in [-0.4, -0.2) is 12.5 Å². The van der Waals surface area contributed by atoms with Crippen LogP contribution in [0.15, 0.2) is 35.9 Å². The number of benzene rings is 1. The molecule has 0 aromatic heterocycles. The molecule has 0 saturated heterocycles. The molecule has 0 unspecified atom stereocenters. The summed E-state index contributed by atoms with van der Waals surface area (Å²) in [5.74, 6) is -0.0654. The lowest BCUT2D eigenvalue weighted by atomic mass is 10.2. The second-order valence-electron chi connectivity index (χ2n) is 3.50. The van der Waals surface area contributed by atoms with Crippen molar-refractivity contribution in [3.05, 3.63) is 41.4 Å². The minimum absolute atomic E-state index is 0.0654. The summed E-state index contributed by atoms with van der Waals surface area (Å²) in [7, 11) is 0. The average Bonchev–Trinajstić information content (AvgIpc) is 2.19. The zero-order chi connectivity index (χ0) is 12.0. The van der Waals surface area contributed by atoms with Gasteiger partial charge in [-0.3, -0.25) is 4.79 Å². The maximum absolute atomic E-state index is 10.8. The van der Waals surface area contributed by atoms with E-state index in [0.717, 1.165) is 17.8 Å². The van der Waals surface area contributed by atoms with Gasteiger partial charge in [0, 0.05) is 30.7 Å². The first-order chi connectivity index (χ1) is 7.58. The van der Waals surface area contributed by atoms with Gasteiger partial charge in [-0.1, -0.05) is 30.3 Å². The van der Waals surface area contributed by atoms with Gasteiger partial charge in [0.25, 0.3) is 0 Å². The number of carbonyl (C=O) groups is 1. The number of amides is 1. The van der Waals surface area contributed by atoms with Gasteiger partial charge in [0.2, 0.25) is 5.91 Å². The van der Waals surface area contributed by atoms with Crippen LogP contribution in [0.5, 0.6) is 0 Å². The normalized spacial score (nSPS) is 9.88. The van der Waals surface area contributed by atoms with Crippen LogP contribution in [0.2, 0.25) is 0 Å². The van der Waals surface area contributed by atoms with E-state index in [1.165, 1.54) is 6.92 Å². The first-order valence-corrected chi connectivity index (χ1v) is 5.36. The van der Waals surface area contributed by atoms with Crippen molar-refractivity contribution in [2.75, 3.05) is 11.9 Å². The van der Waals surface area contributed by atoms with E-state index in [1.807, 2.05) is 24.3 Å². The molecule has 0 heterocycles. The molecule has 0 saturated carbocycles. The van der Waals surface area contributed by atoms with Crippen LogP contribution in [0.25, 0.3) is 0 Å². The summed E-state index contributed by atoms with van der Waals surface area (Å²) in [6, 6.07) is 7.65. The zero-order valence-electron chi connectivity index (χ0n) is 9.22. The highest BCUT2D eigenvalue weighted by molar-refractivity contribution is 6.29. The molecular formula is C12H15ClN2O. The van der Waals surface area contributed by atoms with Gasteiger partial charge < -0.3 is 10.6 Å². The average molecular weight is 239 g/mol. The zero-order valence-corrected chi connectivity index (χ0v) is 9.97. The summed E-state index contributed by atoms with van der Waals surface area (Å²) in [4.78, 5) is 10.8. The minimum atomic E-state index is -0.0654. The topological polar surface area (TPSA) is 41.1 Å². The van der Waals surface area contributed by atoms with Gasteiger partial charge in [-0.15, -0.1) is 0 Å². The largest absolute Gasteiger partial charge is 0.326 e. The molecule has 3 nitrogen and oxygen atoms in total. The van der Waals surface area contributed by atoms with E-state index in [2.05, 4.69) is 17.2 Å². The van der Waals surface area contributed by atoms with Gasteiger partial charge in [0.1, 0.15) is 0 Å². The summed E-state index contributed by atoms with van der Waals surface area (Å²) < 4.78 is 0. The fraction of sp³-hybridized carbons (Fsp3) is 0.250. The smallest absolute Gasteiger partial charge is 0.221 e. The van der Waals surface area contributed by atoms with E-state index in [4.69, 9.17) is 11.6 Å². The molecule has 0 aliphatic carbocycles. The van der Waals surface area contributed by atoms with Crippen molar-refractivity contribution < 1.29 is 4.79 Å². The predicted molar refractivity (Wildman–Crippen MR) is 67.4 cm³/mol. The summed E-state index contributed by atoms with van der Waals surface area (Å²) in [5.41, 5.74) is 1.94. The minimum Gasteiger partial charge on any atom is -0.326 e. The Balaban J connectivity index is 2.45. The Labute approximate surface area is 100 Å². The highest BCUT2D eigenvalue weighted by Gasteiger charge is 1.96. The molecular weight excluding hydrogens is 224 g/mol. The highest BCUT2D eigenvalue weighted by atomic mass is 35.5. The number of hydrogen-bond acceptors (Lipinski definition) is 2. The Morgan fingerprint density at radius 3 is 2.50 bits per heavy atom. The number of nitrogens with one attached hydrogen (secondary N) is 2. The number of halogens is 1. The lowest BCUT2D eigenvalue weighted by Gasteiger charge is -2.05. The van der Waals surface area contributed by atoms with E-state index in [9.17, 15) is 4.79 Å². The van der Waals surface area contributed by atoms with Gasteiger partial charge in [0.05, 0.1) is 0 Å². The number of anilines is 1. The SMILES string of the molecule is C=C(Cl)CNCc1ccc(NC(C)=O)cc1. The maximum Gasteiger partial charge on any atom is 0.221 e. The molecule has 1 aromatic carbocycles. The molecule has 0 aliphatic rings. The van der Waals surface area contributed by atoms with Crippen molar-refractivity contribution in [1.82, 2.24) is 5.32 Å². The lowest BCUT2D eigenvalue weighted by Crippen LogP contribution is -2.14. The number of carbonyl (C=O) groups excluding carboxylic acids is 1. The van der Waals surface area contributed by atoms with Crippen LogP contribution in [0.3, 0.4) is 0 Å². The Morgan fingerprint density at radius 1 is 1.38 bits per heavy atom. The monoisotopic (exact) mass is 238 g/mol. The molecule has 0 spiro atoms. The second kappa shape index (κ2) is 6.30. The van der Waals surface area contributed by atoms with Gasteiger partial charge >= 0.3 is 0 Å². The summed E-state index contributed by atoms with van der Waals surface area (Å²) in [6.07, 6.45) is 0. The van der Waals surface area contributed by atoms with E-state index in [-0.39, 0.29) is 5.91 Å². The molecule has 1 rings (SSSR count). The Morgan fingerprint density at radius 2 is 2.00 bits per heavy atom.